The first-order valence-corrected chi connectivity index (χ1v) is 10.3. The van der Waals surface area contributed by atoms with Crippen molar-refractivity contribution in [1.29, 1.82) is 0 Å². The molecule has 6 heteroatoms. The highest BCUT2D eigenvalue weighted by atomic mass is 32.1. The summed E-state index contributed by atoms with van der Waals surface area (Å²) >= 11 is 5.34. The highest BCUT2D eigenvalue weighted by Crippen LogP contribution is 2.27. The van der Waals surface area contributed by atoms with Gasteiger partial charge in [0.15, 0.2) is 11.5 Å². The molecule has 0 aliphatic rings. The Hall–Kier alpha value is -3.38. The van der Waals surface area contributed by atoms with Crippen molar-refractivity contribution in [2.24, 2.45) is 0 Å². The van der Waals surface area contributed by atoms with Crippen molar-refractivity contribution in [3.8, 4) is 17.2 Å². The van der Waals surface area contributed by atoms with Crippen LogP contribution in [-0.2, 0) is 13.0 Å². The van der Waals surface area contributed by atoms with Gasteiger partial charge in [0.1, 0.15) is 17.3 Å². The molecule has 0 aromatic heterocycles. The average molecular weight is 436 g/mol. The Morgan fingerprint density at radius 1 is 0.839 bits per heavy atom. The van der Waals surface area contributed by atoms with E-state index in [2.05, 4.69) is 5.32 Å². The zero-order chi connectivity index (χ0) is 22.1. The largest absolute Gasteiger partial charge is 0.493 e. The third-order valence-electron chi connectivity index (χ3n) is 4.72. The number of thiocarbonyl (C=S) groups is 1. The summed E-state index contributed by atoms with van der Waals surface area (Å²) < 4.78 is 16.5. The second-order valence-corrected chi connectivity index (χ2v) is 7.20. The van der Waals surface area contributed by atoms with E-state index in [0.717, 1.165) is 11.1 Å². The van der Waals surface area contributed by atoms with Crippen LogP contribution in [0.5, 0.6) is 17.2 Å². The van der Waals surface area contributed by atoms with Crippen LogP contribution in [0.2, 0.25) is 0 Å². The van der Waals surface area contributed by atoms with Gasteiger partial charge in [-0.3, -0.25) is 4.79 Å². The van der Waals surface area contributed by atoms with Gasteiger partial charge in [0, 0.05) is 6.54 Å². The number of carbonyl (C=O) groups excluding carboxylic acids is 1. The van der Waals surface area contributed by atoms with Crippen molar-refractivity contribution < 1.29 is 19.0 Å². The Bertz CT molecular complexity index is 1040. The Balaban J connectivity index is 1.58. The molecule has 3 rings (SSSR count). The topological polar surface area (TPSA) is 56.8 Å². The Kier molecular flexibility index (Phi) is 8.01. The van der Waals surface area contributed by atoms with E-state index in [1.54, 1.807) is 32.4 Å². The fourth-order valence-corrected chi connectivity index (χ4v) is 3.29. The lowest BCUT2D eigenvalue weighted by Crippen LogP contribution is -2.31. The fourth-order valence-electron chi connectivity index (χ4n) is 3.07. The van der Waals surface area contributed by atoms with Crippen molar-refractivity contribution in [3.63, 3.8) is 0 Å². The minimum atomic E-state index is -0.258. The van der Waals surface area contributed by atoms with Gasteiger partial charge in [-0.05, 0) is 41.8 Å². The molecule has 0 aliphatic carbocycles. The summed E-state index contributed by atoms with van der Waals surface area (Å²) in [5, 5.41) is 3.05. The van der Waals surface area contributed by atoms with Crippen LogP contribution >= 0.6 is 12.2 Å². The molecule has 3 aromatic rings. The van der Waals surface area contributed by atoms with Gasteiger partial charge in [-0.1, -0.05) is 60.7 Å². The third kappa shape index (κ3) is 6.06. The first-order valence-electron chi connectivity index (χ1n) is 9.91. The predicted octanol–water partition coefficient (Wildman–Crippen LogP) is 4.63. The van der Waals surface area contributed by atoms with Crippen molar-refractivity contribution >= 4 is 23.0 Å². The van der Waals surface area contributed by atoms with E-state index in [1.807, 2.05) is 54.6 Å². The number of carbonyl (C=O) groups is 1. The van der Waals surface area contributed by atoms with Crippen LogP contribution in [0.3, 0.4) is 0 Å². The van der Waals surface area contributed by atoms with Crippen LogP contribution in [0.15, 0.2) is 72.8 Å². The average Bonchev–Trinajstić information content (AvgIpc) is 2.82. The summed E-state index contributed by atoms with van der Waals surface area (Å²) in [4.78, 5) is 13.0. The maximum atomic E-state index is 12.9. The van der Waals surface area contributed by atoms with E-state index in [1.165, 1.54) is 0 Å². The van der Waals surface area contributed by atoms with Gasteiger partial charge in [-0.15, -0.1) is 0 Å². The molecular formula is C25H25NO4S. The van der Waals surface area contributed by atoms with E-state index < -0.39 is 0 Å². The highest BCUT2D eigenvalue weighted by molar-refractivity contribution is 7.82. The Labute approximate surface area is 188 Å². The molecule has 5 nitrogen and oxygen atoms in total. The summed E-state index contributed by atoms with van der Waals surface area (Å²) in [5.41, 5.74) is 2.52. The standard InChI is InChI=1S/C25H25NO4S/c1-28-22-13-12-18(16-23(22)29-2)14-15-26-25(31)24(27)20-10-6-7-11-21(20)30-17-19-8-4-3-5-9-19/h3-13,16H,14-15,17H2,1-2H3,(H,26,31). The molecule has 0 saturated heterocycles. The number of ether oxygens (including phenoxy) is 3. The van der Waals surface area contributed by atoms with Gasteiger partial charge in [-0.25, -0.2) is 0 Å². The molecule has 160 valence electrons. The molecule has 0 atom stereocenters. The van der Waals surface area contributed by atoms with Gasteiger partial charge < -0.3 is 19.5 Å². The molecule has 0 amide bonds. The zero-order valence-corrected chi connectivity index (χ0v) is 18.4. The number of hydrogen-bond acceptors (Lipinski definition) is 5. The van der Waals surface area contributed by atoms with E-state index in [4.69, 9.17) is 26.4 Å². The molecule has 0 heterocycles. The summed E-state index contributed by atoms with van der Waals surface area (Å²) in [6, 6.07) is 22.7. The van der Waals surface area contributed by atoms with Crippen LogP contribution in [0, 0.1) is 0 Å². The van der Waals surface area contributed by atoms with Crippen LogP contribution in [0.1, 0.15) is 21.5 Å². The van der Waals surface area contributed by atoms with Crippen molar-refractivity contribution in [2.75, 3.05) is 20.8 Å². The lowest BCUT2D eigenvalue weighted by molar-refractivity contribution is 0.106. The molecule has 0 spiro atoms. The Morgan fingerprint density at radius 3 is 2.29 bits per heavy atom. The third-order valence-corrected chi connectivity index (χ3v) is 5.05. The molecule has 0 aliphatic heterocycles. The van der Waals surface area contributed by atoms with Crippen molar-refractivity contribution in [1.82, 2.24) is 5.32 Å². The zero-order valence-electron chi connectivity index (χ0n) is 17.6. The van der Waals surface area contributed by atoms with E-state index >= 15 is 0 Å². The highest BCUT2D eigenvalue weighted by Gasteiger charge is 2.17. The van der Waals surface area contributed by atoms with E-state index in [0.29, 0.717) is 42.4 Å². The number of rotatable bonds is 10. The number of nitrogens with one attached hydrogen (secondary N) is 1. The number of para-hydroxylation sites is 1. The Morgan fingerprint density at radius 2 is 1.55 bits per heavy atom. The molecular weight excluding hydrogens is 410 g/mol. The monoisotopic (exact) mass is 435 g/mol. The maximum Gasteiger partial charge on any atom is 0.223 e. The van der Waals surface area contributed by atoms with Crippen LogP contribution in [0.25, 0.3) is 0 Å². The smallest absolute Gasteiger partial charge is 0.223 e. The molecule has 3 aromatic carbocycles. The maximum absolute atomic E-state index is 12.9. The fraction of sp³-hybridized carbons (Fsp3) is 0.200. The molecule has 0 bridgehead atoms. The molecule has 0 fully saturated rings. The second-order valence-electron chi connectivity index (χ2n) is 6.79. The second kappa shape index (κ2) is 11.1. The minimum absolute atomic E-state index is 0.163. The van der Waals surface area contributed by atoms with Crippen LogP contribution < -0.4 is 19.5 Å². The summed E-state index contributed by atoms with van der Waals surface area (Å²) in [6.07, 6.45) is 0.680. The van der Waals surface area contributed by atoms with Gasteiger partial charge in [-0.2, -0.15) is 0 Å². The molecule has 0 saturated carbocycles. The number of methoxy groups -OCH3 is 2. The van der Waals surface area contributed by atoms with Crippen molar-refractivity contribution in [3.05, 3.63) is 89.5 Å². The molecule has 0 radical (unpaired) electrons. The molecule has 31 heavy (non-hydrogen) atoms. The quantitative estimate of drug-likeness (QED) is 0.370. The van der Waals surface area contributed by atoms with Gasteiger partial charge in [0.05, 0.1) is 19.8 Å². The first-order chi connectivity index (χ1) is 15.1. The molecule has 1 N–H and O–H groups in total. The first kappa shape index (κ1) is 22.3. The van der Waals surface area contributed by atoms with Gasteiger partial charge in [0.2, 0.25) is 5.78 Å². The summed E-state index contributed by atoms with van der Waals surface area (Å²) in [6.45, 7) is 0.901. The predicted molar refractivity (Wildman–Crippen MR) is 125 cm³/mol. The van der Waals surface area contributed by atoms with Crippen LogP contribution in [0.4, 0.5) is 0 Å². The molecule has 0 unspecified atom stereocenters. The minimum Gasteiger partial charge on any atom is -0.493 e. The number of benzene rings is 3. The van der Waals surface area contributed by atoms with Gasteiger partial charge in [0.25, 0.3) is 0 Å². The normalized spacial score (nSPS) is 10.3. The van der Waals surface area contributed by atoms with E-state index in [9.17, 15) is 4.79 Å². The SMILES string of the molecule is COc1ccc(CCNC(=S)C(=O)c2ccccc2OCc2ccccc2)cc1OC. The number of ketones is 1. The lowest BCUT2D eigenvalue weighted by atomic mass is 10.1. The van der Waals surface area contributed by atoms with Gasteiger partial charge >= 0.3 is 0 Å². The van der Waals surface area contributed by atoms with Crippen molar-refractivity contribution in [2.45, 2.75) is 13.0 Å². The van der Waals surface area contributed by atoms with Crippen LogP contribution in [-0.4, -0.2) is 31.5 Å². The summed E-state index contributed by atoms with van der Waals surface area (Å²) in [5.74, 6) is 1.60. The lowest BCUT2D eigenvalue weighted by Gasteiger charge is -2.13. The van der Waals surface area contributed by atoms with E-state index in [-0.39, 0.29) is 10.8 Å². The number of Topliss-reactive ketones (excluding diaryl/α,β-unsaturated/α-hetero) is 1. The summed E-state index contributed by atoms with van der Waals surface area (Å²) in [7, 11) is 3.20. The number of hydrogen-bond donors (Lipinski definition) is 1.